The molecular weight excluding hydrogens is 316 g/mol. The van der Waals surface area contributed by atoms with Crippen LogP contribution in [0, 0.1) is 0 Å². The van der Waals surface area contributed by atoms with E-state index in [0.717, 1.165) is 11.3 Å². The summed E-state index contributed by atoms with van der Waals surface area (Å²) in [4.78, 5) is 27.8. The van der Waals surface area contributed by atoms with Crippen molar-refractivity contribution in [3.8, 4) is 16.3 Å². The minimum absolute atomic E-state index is 0.210. The molecule has 1 aromatic carbocycles. The summed E-state index contributed by atoms with van der Waals surface area (Å²) in [5.74, 6) is -0.824. The van der Waals surface area contributed by atoms with E-state index in [1.165, 1.54) is 18.3 Å². The second kappa shape index (κ2) is 6.78. The van der Waals surface area contributed by atoms with Gasteiger partial charge >= 0.3 is 5.97 Å². The van der Waals surface area contributed by atoms with Gasteiger partial charge in [-0.1, -0.05) is 6.92 Å². The molecule has 1 atom stereocenters. The number of carboxylic acids is 1. The van der Waals surface area contributed by atoms with Crippen LogP contribution in [0.2, 0.25) is 0 Å². The lowest BCUT2D eigenvalue weighted by molar-refractivity contribution is -0.143. The molecule has 7 heteroatoms. The molecule has 0 aliphatic rings. The molecule has 0 saturated heterocycles. The third kappa shape index (κ3) is 3.68. The normalized spacial score (nSPS) is 13.2. The molecule has 0 bridgehead atoms. The summed E-state index contributed by atoms with van der Waals surface area (Å²) >= 11 is 1.33. The number of carbonyl (C=O) groups excluding carboxylic acids is 1. The average Bonchev–Trinajstić information content (AvgIpc) is 3.04. The predicted octanol–water partition coefficient (Wildman–Crippen LogP) is 2.80. The molecule has 23 heavy (non-hydrogen) atoms. The number of thiazole rings is 1. The zero-order valence-electron chi connectivity index (χ0n) is 13.1. The summed E-state index contributed by atoms with van der Waals surface area (Å²) in [6.07, 6.45) is 0.281. The minimum atomic E-state index is -1.30. The van der Waals surface area contributed by atoms with Crippen LogP contribution < -0.4 is 10.1 Å². The van der Waals surface area contributed by atoms with Crippen LogP contribution in [-0.4, -0.2) is 34.6 Å². The first-order chi connectivity index (χ1) is 10.9. The molecule has 1 amide bonds. The van der Waals surface area contributed by atoms with Gasteiger partial charge < -0.3 is 15.2 Å². The molecular formula is C16H18N2O4S. The second-order valence-electron chi connectivity index (χ2n) is 5.21. The van der Waals surface area contributed by atoms with E-state index >= 15 is 0 Å². The maximum Gasteiger partial charge on any atom is 0.329 e. The highest BCUT2D eigenvalue weighted by atomic mass is 32.1. The third-order valence-corrected chi connectivity index (χ3v) is 4.53. The molecule has 0 radical (unpaired) electrons. The smallest absolute Gasteiger partial charge is 0.329 e. The van der Waals surface area contributed by atoms with Gasteiger partial charge in [0.2, 0.25) is 0 Å². The van der Waals surface area contributed by atoms with E-state index < -0.39 is 17.4 Å². The number of aromatic nitrogens is 1. The highest BCUT2D eigenvalue weighted by Gasteiger charge is 2.33. The van der Waals surface area contributed by atoms with Crippen LogP contribution in [0.3, 0.4) is 0 Å². The number of nitrogens with zero attached hydrogens (tertiary/aromatic N) is 1. The number of methoxy groups -OCH3 is 1. The van der Waals surface area contributed by atoms with Crippen LogP contribution in [0.4, 0.5) is 0 Å². The summed E-state index contributed by atoms with van der Waals surface area (Å²) in [6.45, 7) is 3.18. The number of amides is 1. The van der Waals surface area contributed by atoms with Crippen LogP contribution in [0.15, 0.2) is 29.6 Å². The number of ether oxygens (including phenoxy) is 1. The van der Waals surface area contributed by atoms with Crippen LogP contribution >= 0.6 is 11.3 Å². The Morgan fingerprint density at radius 3 is 2.52 bits per heavy atom. The van der Waals surface area contributed by atoms with Crippen molar-refractivity contribution >= 4 is 23.2 Å². The lowest BCUT2D eigenvalue weighted by Gasteiger charge is -2.23. The zero-order chi connectivity index (χ0) is 17.0. The summed E-state index contributed by atoms with van der Waals surface area (Å²) in [6, 6.07) is 7.34. The molecule has 2 rings (SSSR count). The van der Waals surface area contributed by atoms with Crippen molar-refractivity contribution in [3.05, 3.63) is 35.3 Å². The predicted molar refractivity (Wildman–Crippen MR) is 87.9 cm³/mol. The Hall–Kier alpha value is -2.41. The quantitative estimate of drug-likeness (QED) is 0.848. The highest BCUT2D eigenvalue weighted by molar-refractivity contribution is 7.13. The number of rotatable bonds is 6. The first-order valence-corrected chi connectivity index (χ1v) is 7.93. The molecule has 122 valence electrons. The van der Waals surface area contributed by atoms with Crippen LogP contribution in [0.5, 0.6) is 5.75 Å². The maximum atomic E-state index is 12.2. The summed E-state index contributed by atoms with van der Waals surface area (Å²) < 4.78 is 5.10. The maximum absolute atomic E-state index is 12.2. The van der Waals surface area contributed by atoms with E-state index in [0.29, 0.717) is 5.01 Å². The van der Waals surface area contributed by atoms with E-state index in [1.807, 2.05) is 24.3 Å². The zero-order valence-corrected chi connectivity index (χ0v) is 13.9. The van der Waals surface area contributed by atoms with Crippen molar-refractivity contribution in [2.24, 2.45) is 0 Å². The first-order valence-electron chi connectivity index (χ1n) is 7.05. The van der Waals surface area contributed by atoms with Gasteiger partial charge in [0.05, 0.1) is 7.11 Å². The Morgan fingerprint density at radius 1 is 1.35 bits per heavy atom. The Balaban J connectivity index is 2.17. The fraction of sp³-hybridized carbons (Fsp3) is 0.312. The van der Waals surface area contributed by atoms with Crippen LogP contribution in [-0.2, 0) is 4.79 Å². The SMILES string of the molecule is CCC(C)(NC(=O)c1csc(-c2ccc(OC)cc2)n1)C(=O)O. The standard InChI is InChI=1S/C16H18N2O4S/c1-4-16(2,15(20)21)18-13(19)12-9-23-14(17-12)10-5-7-11(22-3)8-6-10/h5-9H,4H2,1-3H3,(H,18,19)(H,20,21). The monoisotopic (exact) mass is 334 g/mol. The van der Waals surface area contributed by atoms with Crippen molar-refractivity contribution < 1.29 is 19.4 Å². The topological polar surface area (TPSA) is 88.5 Å². The molecule has 0 aliphatic heterocycles. The first kappa shape index (κ1) is 17.0. The van der Waals surface area contributed by atoms with Gasteiger partial charge in [0.15, 0.2) is 0 Å². The number of hydrogen-bond donors (Lipinski definition) is 2. The number of benzene rings is 1. The molecule has 2 N–H and O–H groups in total. The van der Waals surface area contributed by atoms with Crippen LogP contribution in [0.1, 0.15) is 30.8 Å². The lowest BCUT2D eigenvalue weighted by Crippen LogP contribution is -2.51. The van der Waals surface area contributed by atoms with Gasteiger partial charge in [-0.2, -0.15) is 0 Å². The van der Waals surface area contributed by atoms with Gasteiger partial charge in [-0.3, -0.25) is 4.79 Å². The Bertz CT molecular complexity index is 711. The largest absolute Gasteiger partial charge is 0.497 e. The summed E-state index contributed by atoms with van der Waals surface area (Å²) in [5.41, 5.74) is -0.228. The fourth-order valence-corrected chi connectivity index (χ4v) is 2.66. The number of nitrogens with one attached hydrogen (secondary N) is 1. The van der Waals surface area contributed by atoms with Crippen molar-refractivity contribution in [1.82, 2.24) is 10.3 Å². The van der Waals surface area contributed by atoms with Crippen molar-refractivity contribution in [2.75, 3.05) is 7.11 Å². The molecule has 0 aliphatic carbocycles. The number of hydrogen-bond acceptors (Lipinski definition) is 5. The molecule has 2 aromatic rings. The van der Waals surface area contributed by atoms with Crippen molar-refractivity contribution in [1.29, 1.82) is 0 Å². The van der Waals surface area contributed by atoms with Gasteiger partial charge in [-0.15, -0.1) is 11.3 Å². The van der Waals surface area contributed by atoms with E-state index in [-0.39, 0.29) is 12.1 Å². The van der Waals surface area contributed by atoms with Gasteiger partial charge in [-0.05, 0) is 37.6 Å². The number of carboxylic acid groups (broad SMARTS) is 1. The molecule has 1 aromatic heterocycles. The van der Waals surface area contributed by atoms with Crippen LogP contribution in [0.25, 0.3) is 10.6 Å². The van der Waals surface area contributed by atoms with E-state index in [4.69, 9.17) is 4.74 Å². The molecule has 6 nitrogen and oxygen atoms in total. The Labute approximate surface area is 138 Å². The van der Waals surface area contributed by atoms with E-state index in [1.54, 1.807) is 19.4 Å². The average molecular weight is 334 g/mol. The number of carbonyl (C=O) groups is 2. The van der Waals surface area contributed by atoms with Crippen molar-refractivity contribution in [2.45, 2.75) is 25.8 Å². The van der Waals surface area contributed by atoms with Gasteiger partial charge in [0, 0.05) is 10.9 Å². The highest BCUT2D eigenvalue weighted by Crippen LogP contribution is 2.26. The van der Waals surface area contributed by atoms with Gasteiger partial charge in [0.25, 0.3) is 5.91 Å². The molecule has 0 fully saturated rings. The van der Waals surface area contributed by atoms with E-state index in [9.17, 15) is 14.7 Å². The number of aliphatic carboxylic acids is 1. The lowest BCUT2D eigenvalue weighted by atomic mass is 9.99. The summed E-state index contributed by atoms with van der Waals surface area (Å²) in [5, 5.41) is 14.0. The minimum Gasteiger partial charge on any atom is -0.497 e. The van der Waals surface area contributed by atoms with E-state index in [2.05, 4.69) is 10.3 Å². The Kier molecular flexibility index (Phi) is 5.00. The molecule has 1 heterocycles. The fourth-order valence-electron chi connectivity index (χ4n) is 1.85. The second-order valence-corrected chi connectivity index (χ2v) is 6.07. The molecule has 1 unspecified atom stereocenters. The van der Waals surface area contributed by atoms with Gasteiger partial charge in [-0.25, -0.2) is 9.78 Å². The van der Waals surface area contributed by atoms with Crippen molar-refractivity contribution in [3.63, 3.8) is 0 Å². The molecule has 0 saturated carbocycles. The Morgan fingerprint density at radius 2 is 2.00 bits per heavy atom. The van der Waals surface area contributed by atoms with Gasteiger partial charge in [0.1, 0.15) is 22.0 Å². The molecule has 0 spiro atoms. The third-order valence-electron chi connectivity index (χ3n) is 3.64. The summed E-state index contributed by atoms with van der Waals surface area (Å²) in [7, 11) is 1.59.